The molecule has 3 rings (SSSR count). The van der Waals surface area contributed by atoms with Crippen LogP contribution < -0.4 is 0 Å². The molecular weight excluding hydrogens is 428 g/mol. The van der Waals surface area contributed by atoms with Gasteiger partial charge >= 0.3 is 0 Å². The summed E-state index contributed by atoms with van der Waals surface area (Å²) in [5, 5.41) is 11.1. The molecule has 0 radical (unpaired) electrons. The van der Waals surface area contributed by atoms with Gasteiger partial charge in [0.2, 0.25) is 9.84 Å². The molecule has 0 aromatic heterocycles. The summed E-state index contributed by atoms with van der Waals surface area (Å²) in [7, 11) is -3.83. The predicted molar refractivity (Wildman–Crippen MR) is 138 cm³/mol. The maximum absolute atomic E-state index is 13.9. The molecule has 1 N–H and O–H groups in total. The van der Waals surface area contributed by atoms with Crippen LogP contribution in [0.1, 0.15) is 69.4 Å². The van der Waals surface area contributed by atoms with Crippen LogP contribution >= 0.6 is 0 Å². The highest BCUT2D eigenvalue weighted by Crippen LogP contribution is 2.42. The van der Waals surface area contributed by atoms with Crippen LogP contribution in [0, 0.1) is 6.92 Å². The van der Waals surface area contributed by atoms with E-state index in [1.807, 2.05) is 103 Å². The Labute approximate surface area is 198 Å². The summed E-state index contributed by atoms with van der Waals surface area (Å²) in [6.07, 6.45) is 1.72. The Hall–Kier alpha value is -2.85. The van der Waals surface area contributed by atoms with E-state index in [1.54, 1.807) is 18.2 Å². The van der Waals surface area contributed by atoms with Gasteiger partial charge in [-0.2, -0.15) is 0 Å². The SMILES string of the molecule is Cc1ccc(S(=O)(=O)/C(=C/c2ccccc2)c2cc(C(C)(C)C)c(O)c(C(C)(C)C)c2)cc1. The van der Waals surface area contributed by atoms with Crippen molar-refractivity contribution in [2.75, 3.05) is 0 Å². The van der Waals surface area contributed by atoms with Crippen molar-refractivity contribution in [3.05, 3.63) is 94.5 Å². The molecule has 0 heterocycles. The Morgan fingerprint density at radius 3 is 1.73 bits per heavy atom. The highest BCUT2D eigenvalue weighted by Gasteiger charge is 2.30. The summed E-state index contributed by atoms with van der Waals surface area (Å²) < 4.78 is 27.8. The Morgan fingerprint density at radius 1 is 0.788 bits per heavy atom. The summed E-state index contributed by atoms with van der Waals surface area (Å²) in [6.45, 7) is 14.1. The maximum atomic E-state index is 13.9. The van der Waals surface area contributed by atoms with E-state index >= 15 is 0 Å². The average Bonchev–Trinajstić information content (AvgIpc) is 2.71. The molecule has 0 aliphatic rings. The van der Waals surface area contributed by atoms with Gasteiger partial charge in [-0.3, -0.25) is 0 Å². The smallest absolute Gasteiger partial charge is 0.207 e. The summed E-state index contributed by atoms with van der Waals surface area (Å²) in [4.78, 5) is 0.464. The molecule has 33 heavy (non-hydrogen) atoms. The molecule has 0 amide bonds. The van der Waals surface area contributed by atoms with Crippen molar-refractivity contribution < 1.29 is 13.5 Å². The van der Waals surface area contributed by atoms with Crippen LogP contribution in [-0.2, 0) is 20.7 Å². The van der Waals surface area contributed by atoms with Crippen molar-refractivity contribution in [2.45, 2.75) is 64.2 Å². The fourth-order valence-electron chi connectivity index (χ4n) is 3.78. The summed E-state index contributed by atoms with van der Waals surface area (Å²) in [6, 6.07) is 20.0. The van der Waals surface area contributed by atoms with Gasteiger partial charge in [0.05, 0.1) is 9.80 Å². The zero-order valence-electron chi connectivity index (χ0n) is 20.6. The van der Waals surface area contributed by atoms with Gasteiger partial charge in [0.15, 0.2) is 0 Å². The van der Waals surface area contributed by atoms with Crippen molar-refractivity contribution in [1.29, 1.82) is 0 Å². The highest BCUT2D eigenvalue weighted by molar-refractivity contribution is 8.00. The number of hydrogen-bond donors (Lipinski definition) is 1. The standard InChI is InChI=1S/C29H34O3S/c1-20-13-15-23(16-14-20)33(31,32)26(17-21-11-9-8-10-12-21)22-18-24(28(2,3)4)27(30)25(19-22)29(5,6)7/h8-19,30H,1-7H3/b26-17+. The van der Waals surface area contributed by atoms with E-state index in [0.29, 0.717) is 5.56 Å². The van der Waals surface area contributed by atoms with Gasteiger partial charge in [0.25, 0.3) is 0 Å². The van der Waals surface area contributed by atoms with Crippen molar-refractivity contribution in [3.63, 3.8) is 0 Å². The Kier molecular flexibility index (Phi) is 6.63. The van der Waals surface area contributed by atoms with E-state index < -0.39 is 9.84 Å². The molecule has 0 spiro atoms. The first kappa shape index (κ1) is 24.8. The van der Waals surface area contributed by atoms with Crippen LogP contribution in [0.3, 0.4) is 0 Å². The molecule has 3 aromatic carbocycles. The number of aryl methyl sites for hydroxylation is 1. The molecule has 0 aliphatic heterocycles. The van der Waals surface area contributed by atoms with Crippen LogP contribution in [0.5, 0.6) is 5.75 Å². The Balaban J connectivity index is 2.39. The van der Waals surface area contributed by atoms with Crippen molar-refractivity contribution >= 4 is 20.8 Å². The third-order valence-corrected chi connectivity index (χ3v) is 7.55. The lowest BCUT2D eigenvalue weighted by atomic mass is 9.78. The van der Waals surface area contributed by atoms with Gasteiger partial charge in [0.1, 0.15) is 5.75 Å². The van der Waals surface area contributed by atoms with Crippen LogP contribution in [-0.4, -0.2) is 13.5 Å². The second-order valence-electron chi connectivity index (χ2n) is 10.7. The van der Waals surface area contributed by atoms with E-state index in [0.717, 1.165) is 22.3 Å². The first-order chi connectivity index (χ1) is 15.2. The van der Waals surface area contributed by atoms with Gasteiger partial charge in [-0.25, -0.2) is 8.42 Å². The minimum atomic E-state index is -3.83. The largest absolute Gasteiger partial charge is 0.507 e. The first-order valence-corrected chi connectivity index (χ1v) is 12.7. The van der Waals surface area contributed by atoms with Crippen molar-refractivity contribution in [1.82, 2.24) is 0 Å². The summed E-state index contributed by atoms with van der Waals surface area (Å²) in [5.41, 5.74) is 3.08. The monoisotopic (exact) mass is 462 g/mol. The minimum absolute atomic E-state index is 0.216. The van der Waals surface area contributed by atoms with E-state index in [9.17, 15) is 13.5 Å². The average molecular weight is 463 g/mol. The maximum Gasteiger partial charge on any atom is 0.207 e. The topological polar surface area (TPSA) is 54.4 Å². The van der Waals surface area contributed by atoms with Crippen LogP contribution in [0.2, 0.25) is 0 Å². The lowest BCUT2D eigenvalue weighted by molar-refractivity contribution is 0.423. The number of aromatic hydroxyl groups is 1. The first-order valence-electron chi connectivity index (χ1n) is 11.2. The molecule has 4 heteroatoms. The molecule has 0 bridgehead atoms. The Bertz CT molecular complexity index is 1230. The van der Waals surface area contributed by atoms with E-state index in [-0.39, 0.29) is 26.4 Å². The third kappa shape index (κ3) is 5.39. The number of benzene rings is 3. The third-order valence-electron chi connectivity index (χ3n) is 5.73. The minimum Gasteiger partial charge on any atom is -0.507 e. The molecule has 174 valence electrons. The van der Waals surface area contributed by atoms with Gasteiger partial charge in [-0.15, -0.1) is 0 Å². The predicted octanol–water partition coefficient (Wildman–Crippen LogP) is 7.27. The molecule has 0 unspecified atom stereocenters. The fraction of sp³-hybridized carbons (Fsp3) is 0.310. The molecule has 3 aromatic rings. The molecule has 0 saturated carbocycles. The molecule has 0 saturated heterocycles. The lowest BCUT2D eigenvalue weighted by Gasteiger charge is -2.28. The van der Waals surface area contributed by atoms with Crippen molar-refractivity contribution in [2.24, 2.45) is 0 Å². The van der Waals surface area contributed by atoms with Crippen LogP contribution in [0.4, 0.5) is 0 Å². The zero-order valence-corrected chi connectivity index (χ0v) is 21.4. The summed E-state index contributed by atoms with van der Waals surface area (Å²) >= 11 is 0. The molecule has 0 atom stereocenters. The van der Waals surface area contributed by atoms with Gasteiger partial charge < -0.3 is 5.11 Å². The fourth-order valence-corrected chi connectivity index (χ4v) is 5.25. The molecular formula is C29H34O3S. The van der Waals surface area contributed by atoms with E-state index in [1.165, 1.54) is 0 Å². The van der Waals surface area contributed by atoms with Crippen LogP contribution in [0.25, 0.3) is 11.0 Å². The van der Waals surface area contributed by atoms with Gasteiger partial charge in [0, 0.05) is 11.1 Å². The summed E-state index contributed by atoms with van der Waals surface area (Å²) in [5.74, 6) is 0.227. The molecule has 0 aliphatic carbocycles. The zero-order chi connectivity index (χ0) is 24.6. The number of hydrogen-bond acceptors (Lipinski definition) is 3. The highest BCUT2D eigenvalue weighted by atomic mass is 32.2. The van der Waals surface area contributed by atoms with E-state index in [4.69, 9.17) is 0 Å². The number of phenolic OH excluding ortho intramolecular Hbond substituents is 1. The quantitative estimate of drug-likeness (QED) is 0.415. The Morgan fingerprint density at radius 2 is 1.27 bits per heavy atom. The van der Waals surface area contributed by atoms with Gasteiger partial charge in [-0.1, -0.05) is 89.6 Å². The lowest BCUT2D eigenvalue weighted by Crippen LogP contribution is -2.18. The normalized spacial score (nSPS) is 13.2. The second kappa shape index (κ2) is 8.83. The second-order valence-corrected chi connectivity index (χ2v) is 12.6. The number of sulfone groups is 1. The van der Waals surface area contributed by atoms with Gasteiger partial charge in [-0.05, 0) is 59.2 Å². The molecule has 3 nitrogen and oxygen atoms in total. The number of rotatable bonds is 4. The number of phenols is 1. The van der Waals surface area contributed by atoms with Crippen LogP contribution in [0.15, 0.2) is 71.6 Å². The molecule has 0 fully saturated rings. The van der Waals surface area contributed by atoms with Crippen molar-refractivity contribution in [3.8, 4) is 5.75 Å². The van der Waals surface area contributed by atoms with E-state index in [2.05, 4.69) is 0 Å².